The molecule has 248 valence electrons. The van der Waals surface area contributed by atoms with E-state index in [4.69, 9.17) is 4.74 Å². The van der Waals surface area contributed by atoms with E-state index in [-0.39, 0.29) is 35.8 Å². The Kier molecular flexibility index (Phi) is 11.3. The molecule has 4 rings (SSSR count). The number of amides is 3. The number of anilines is 5. The van der Waals surface area contributed by atoms with E-state index in [0.717, 1.165) is 12.1 Å². The van der Waals surface area contributed by atoms with Crippen LogP contribution in [0.4, 0.5) is 51.6 Å². The van der Waals surface area contributed by atoms with Gasteiger partial charge in [0.1, 0.15) is 5.82 Å². The molecule has 4 N–H and O–H groups in total. The van der Waals surface area contributed by atoms with Crippen LogP contribution in [0.5, 0.6) is 0 Å². The summed E-state index contributed by atoms with van der Waals surface area (Å²) in [6.07, 6.45) is -3.90. The molecule has 0 aliphatic rings. The fraction of sp³-hybridized carbons (Fsp3) is 0.226. The molecule has 1 aromatic heterocycles. The number of urea groups is 1. The summed E-state index contributed by atoms with van der Waals surface area (Å²) in [5.41, 5.74) is 1.30. The monoisotopic (exact) mass is 671 g/mol. The molecule has 12 nitrogen and oxygen atoms in total. The first-order valence-corrected chi connectivity index (χ1v) is 15.4. The highest BCUT2D eigenvalue weighted by atomic mass is 32.2. The smallest absolute Gasteiger partial charge is 0.441 e. The van der Waals surface area contributed by atoms with Crippen molar-refractivity contribution in [1.29, 1.82) is 0 Å². The van der Waals surface area contributed by atoms with Crippen molar-refractivity contribution in [3.8, 4) is 11.1 Å². The standard InChI is InChI=1S/C31H32F3N7O5S/c1-4-46-30(44)40-47(45)25-10-6-9-23(16-25)37-28-35-17-26(27(39-28)36-19(2)18-42)20-11-13-24(14-12-20)41(3)29(43)38-22-8-5-7-21(15-22)31(32,33)34/h5-17,19,42,47H,4,18H2,1-3H3,(H,38,43)(H2,35,36,37,39). The Balaban J connectivity index is 1.54. The van der Waals surface area contributed by atoms with Gasteiger partial charge >= 0.3 is 18.3 Å². The highest BCUT2D eigenvalue weighted by molar-refractivity contribution is 7.75. The molecule has 16 heteroatoms. The first kappa shape index (κ1) is 34.6. The van der Waals surface area contributed by atoms with E-state index in [1.54, 1.807) is 68.6 Å². The Hall–Kier alpha value is -5.22. The van der Waals surface area contributed by atoms with Crippen LogP contribution in [0, 0.1) is 0 Å². The van der Waals surface area contributed by atoms with Gasteiger partial charge in [-0.05, 0) is 67.9 Å². The molecule has 0 saturated heterocycles. The molecule has 3 aromatic carbocycles. The number of aliphatic hydroxyl groups is 1. The lowest BCUT2D eigenvalue weighted by Crippen LogP contribution is -2.31. The summed E-state index contributed by atoms with van der Waals surface area (Å²) in [4.78, 5) is 34.9. The molecule has 0 saturated carbocycles. The van der Waals surface area contributed by atoms with Crippen molar-refractivity contribution in [2.45, 2.75) is 31.0 Å². The molecule has 2 atom stereocenters. The molecule has 0 aliphatic heterocycles. The van der Waals surface area contributed by atoms with Crippen molar-refractivity contribution in [2.24, 2.45) is 4.36 Å². The molecule has 2 unspecified atom stereocenters. The number of aromatic nitrogens is 2. The number of alkyl halides is 3. The van der Waals surface area contributed by atoms with E-state index in [2.05, 4.69) is 30.3 Å². The van der Waals surface area contributed by atoms with Crippen LogP contribution in [0.25, 0.3) is 11.1 Å². The minimum Gasteiger partial charge on any atom is -0.448 e. The van der Waals surface area contributed by atoms with Gasteiger partial charge in [0.25, 0.3) is 0 Å². The SMILES string of the molecule is CCOC(=O)/N=[SH](=O)\c1cccc(Nc2ncc(-c3ccc(N(C)C(=O)Nc4cccc(C(F)(F)F)c4)cc3)c(NC(C)CO)n2)c1. The molecule has 0 radical (unpaired) electrons. The molecule has 1 heterocycles. The quantitative estimate of drug-likeness (QED) is 0.118. The summed E-state index contributed by atoms with van der Waals surface area (Å²) >= 11 is 0. The molecule has 0 bridgehead atoms. The predicted octanol–water partition coefficient (Wildman–Crippen LogP) is 6.55. The summed E-state index contributed by atoms with van der Waals surface area (Å²) in [6, 6.07) is 16.5. The number of benzene rings is 3. The van der Waals surface area contributed by atoms with E-state index in [1.807, 2.05) is 0 Å². The Labute approximate surface area is 270 Å². The number of thiol groups is 1. The fourth-order valence-corrected chi connectivity index (χ4v) is 4.91. The topological polar surface area (TPSA) is 158 Å². The average Bonchev–Trinajstić information content (AvgIpc) is 3.04. The molecule has 3 amide bonds. The summed E-state index contributed by atoms with van der Waals surface area (Å²) in [5.74, 6) is 0.561. The Morgan fingerprint density at radius 2 is 1.77 bits per heavy atom. The minimum absolute atomic E-state index is 0.0000723. The van der Waals surface area contributed by atoms with Crippen molar-refractivity contribution in [3.63, 3.8) is 0 Å². The third kappa shape index (κ3) is 9.40. The van der Waals surface area contributed by atoms with E-state index in [9.17, 15) is 32.1 Å². The number of carbonyl (C=O) groups is 2. The maximum absolute atomic E-state index is 13.1. The van der Waals surface area contributed by atoms with Crippen molar-refractivity contribution in [1.82, 2.24) is 9.97 Å². The summed E-state index contributed by atoms with van der Waals surface area (Å²) in [7, 11) is -0.914. The molecule has 0 fully saturated rings. The molecular formula is C31H32F3N7O5S. The number of hydrogen-bond acceptors (Lipinski definition) is 9. The number of aliphatic hydroxyl groups excluding tert-OH is 1. The van der Waals surface area contributed by atoms with Gasteiger partial charge < -0.3 is 25.8 Å². The summed E-state index contributed by atoms with van der Waals surface area (Å²) in [6.45, 7) is 3.30. The van der Waals surface area contributed by atoms with Crippen LogP contribution >= 0.6 is 0 Å². The molecule has 4 aromatic rings. The largest absolute Gasteiger partial charge is 0.448 e. The molecule has 0 aliphatic carbocycles. The van der Waals surface area contributed by atoms with Crippen molar-refractivity contribution >= 4 is 51.5 Å². The van der Waals surface area contributed by atoms with Crippen molar-refractivity contribution < 1.29 is 36.8 Å². The van der Waals surface area contributed by atoms with E-state index in [1.165, 1.54) is 24.1 Å². The van der Waals surface area contributed by atoms with Crippen LogP contribution in [0.1, 0.15) is 19.4 Å². The zero-order chi connectivity index (χ0) is 34.1. The van der Waals surface area contributed by atoms with Crippen LogP contribution < -0.4 is 20.9 Å². The van der Waals surface area contributed by atoms with Crippen LogP contribution in [0.2, 0.25) is 0 Å². The van der Waals surface area contributed by atoms with Gasteiger partial charge in [-0.15, -0.1) is 4.36 Å². The van der Waals surface area contributed by atoms with Gasteiger partial charge in [-0.1, -0.05) is 24.3 Å². The third-order valence-corrected chi connectivity index (χ3v) is 7.59. The predicted molar refractivity (Wildman–Crippen MR) is 173 cm³/mol. The van der Waals surface area contributed by atoms with Crippen molar-refractivity contribution in [3.05, 3.63) is 84.6 Å². The number of ether oxygens (including phenoxy) is 1. The van der Waals surface area contributed by atoms with Gasteiger partial charge in [-0.3, -0.25) is 4.90 Å². The van der Waals surface area contributed by atoms with Crippen LogP contribution in [-0.4, -0.2) is 57.7 Å². The van der Waals surface area contributed by atoms with Gasteiger partial charge in [0.2, 0.25) is 5.95 Å². The van der Waals surface area contributed by atoms with E-state index in [0.29, 0.717) is 28.3 Å². The maximum Gasteiger partial charge on any atom is 0.441 e. The number of nitrogens with one attached hydrogen (secondary N) is 3. The van der Waals surface area contributed by atoms with Gasteiger partial charge in [0, 0.05) is 46.8 Å². The lowest BCUT2D eigenvalue weighted by atomic mass is 10.1. The van der Waals surface area contributed by atoms with Gasteiger partial charge in [-0.25, -0.2) is 18.8 Å². The van der Waals surface area contributed by atoms with Crippen molar-refractivity contribution in [2.75, 3.05) is 41.1 Å². The molecule has 0 spiro atoms. The summed E-state index contributed by atoms with van der Waals surface area (Å²) in [5, 5.41) is 18.3. The Bertz CT molecular complexity index is 1820. The zero-order valence-electron chi connectivity index (χ0n) is 25.4. The van der Waals surface area contributed by atoms with E-state index >= 15 is 0 Å². The number of carbonyl (C=O) groups excluding carboxylic acids is 2. The second-order valence-corrected chi connectivity index (χ2v) is 11.3. The highest BCUT2D eigenvalue weighted by Gasteiger charge is 2.30. The Morgan fingerprint density at radius 3 is 2.45 bits per heavy atom. The number of hydrogen-bond donors (Lipinski definition) is 5. The van der Waals surface area contributed by atoms with Crippen LogP contribution in [0.15, 0.2) is 88.3 Å². The highest BCUT2D eigenvalue weighted by Crippen LogP contribution is 2.32. The van der Waals surface area contributed by atoms with Gasteiger partial charge in [0.15, 0.2) is 0 Å². The summed E-state index contributed by atoms with van der Waals surface area (Å²) < 4.78 is 59.9. The van der Waals surface area contributed by atoms with E-state index < -0.39 is 34.5 Å². The van der Waals surface area contributed by atoms with Crippen LogP contribution in [-0.2, 0) is 21.5 Å². The lowest BCUT2D eigenvalue weighted by Gasteiger charge is -2.20. The average molecular weight is 672 g/mol. The molecule has 47 heavy (non-hydrogen) atoms. The second-order valence-electron chi connectivity index (χ2n) is 10.0. The molecular weight excluding hydrogens is 639 g/mol. The number of nitrogens with zero attached hydrogens (tertiary/aromatic N) is 4. The second kappa shape index (κ2) is 15.4. The number of halogens is 3. The zero-order valence-corrected chi connectivity index (χ0v) is 26.3. The third-order valence-electron chi connectivity index (χ3n) is 6.52. The van der Waals surface area contributed by atoms with Gasteiger partial charge in [-0.2, -0.15) is 18.2 Å². The maximum atomic E-state index is 13.1. The minimum atomic E-state index is -4.54. The lowest BCUT2D eigenvalue weighted by molar-refractivity contribution is -0.137. The first-order chi connectivity index (χ1) is 22.4. The van der Waals surface area contributed by atoms with Gasteiger partial charge in [0.05, 0.1) is 29.4 Å². The van der Waals surface area contributed by atoms with Crippen LogP contribution in [0.3, 0.4) is 0 Å². The Morgan fingerprint density at radius 1 is 1.06 bits per heavy atom. The first-order valence-electron chi connectivity index (χ1n) is 14.2. The normalized spacial score (nSPS) is 12.6. The fourth-order valence-electron chi connectivity index (χ4n) is 4.12. The number of rotatable bonds is 10.